The molecule has 1 atom stereocenters. The second-order valence-corrected chi connectivity index (χ2v) is 4.09. The molecule has 0 N–H and O–H groups in total. The van der Waals surface area contributed by atoms with Crippen LogP contribution in [0.2, 0.25) is 0 Å². The van der Waals surface area contributed by atoms with Gasteiger partial charge in [-0.2, -0.15) is 0 Å². The lowest BCUT2D eigenvalue weighted by molar-refractivity contribution is -0.507. The van der Waals surface area contributed by atoms with Gasteiger partial charge in [-0.25, -0.2) is 0 Å². The van der Waals surface area contributed by atoms with Crippen molar-refractivity contribution in [2.24, 2.45) is 0 Å². The number of hydrogen-bond donors (Lipinski definition) is 0. The number of nitro groups is 1. The van der Waals surface area contributed by atoms with Crippen molar-refractivity contribution in [1.29, 1.82) is 0 Å². The summed E-state index contributed by atoms with van der Waals surface area (Å²) in [6.07, 6.45) is -0.468. The summed E-state index contributed by atoms with van der Waals surface area (Å²) in [5.41, 5.74) is 0.164. The van der Waals surface area contributed by atoms with Crippen molar-refractivity contribution in [2.75, 3.05) is 6.61 Å². The highest BCUT2D eigenvalue weighted by Gasteiger charge is 2.32. The Labute approximate surface area is 114 Å². The maximum Gasteiger partial charge on any atom is 0.313 e. The molecule has 1 rings (SSSR count). The van der Waals surface area contributed by atoms with Crippen LogP contribution in [-0.2, 0) is 14.3 Å². The Morgan fingerprint density at radius 3 is 2.35 bits per heavy atom. The van der Waals surface area contributed by atoms with Crippen molar-refractivity contribution >= 4 is 17.5 Å². The Bertz CT molecular complexity index is 525. The van der Waals surface area contributed by atoms with Crippen molar-refractivity contribution in [3.63, 3.8) is 0 Å². The third-order valence-electron chi connectivity index (χ3n) is 2.41. The van der Waals surface area contributed by atoms with Crippen LogP contribution < -0.4 is 0 Å². The second-order valence-electron chi connectivity index (χ2n) is 4.09. The summed E-state index contributed by atoms with van der Waals surface area (Å²) in [4.78, 5) is 43.8. The van der Waals surface area contributed by atoms with E-state index in [1.807, 2.05) is 0 Å². The van der Waals surface area contributed by atoms with Crippen molar-refractivity contribution in [3.8, 4) is 0 Å². The molecule has 0 aromatic heterocycles. The zero-order valence-electron chi connectivity index (χ0n) is 10.8. The van der Waals surface area contributed by atoms with Gasteiger partial charge in [-0.15, -0.1) is 0 Å². The number of ketones is 2. The maximum absolute atomic E-state index is 11.9. The van der Waals surface area contributed by atoms with Crippen LogP contribution in [0.5, 0.6) is 0 Å². The van der Waals surface area contributed by atoms with Crippen LogP contribution in [0.3, 0.4) is 0 Å². The Morgan fingerprint density at radius 2 is 1.85 bits per heavy atom. The van der Waals surface area contributed by atoms with Gasteiger partial charge in [0.05, 0.1) is 0 Å². The van der Waals surface area contributed by atoms with Gasteiger partial charge in [-0.05, 0) is 6.92 Å². The molecule has 0 saturated carbocycles. The molecule has 0 aliphatic rings. The molecule has 7 nitrogen and oxygen atoms in total. The summed E-state index contributed by atoms with van der Waals surface area (Å²) in [5.74, 6) is -2.04. The van der Waals surface area contributed by atoms with Gasteiger partial charge in [0, 0.05) is 10.5 Å². The summed E-state index contributed by atoms with van der Waals surface area (Å²) in [5, 5.41) is 10.9. The molecule has 0 aliphatic carbocycles. The van der Waals surface area contributed by atoms with Crippen LogP contribution in [0.4, 0.5) is 0 Å². The van der Waals surface area contributed by atoms with Crippen LogP contribution in [0, 0.1) is 10.1 Å². The van der Waals surface area contributed by atoms with Crippen molar-refractivity contribution < 1.29 is 24.0 Å². The second kappa shape index (κ2) is 7.13. The van der Waals surface area contributed by atoms with Gasteiger partial charge in [0.15, 0.2) is 6.61 Å². The highest BCUT2D eigenvalue weighted by atomic mass is 16.6. The minimum atomic E-state index is -1.67. The summed E-state index contributed by atoms with van der Waals surface area (Å²) < 4.78 is 4.60. The number of benzene rings is 1. The average Bonchev–Trinajstić information content (AvgIpc) is 2.38. The number of rotatable bonds is 7. The molecule has 0 saturated heterocycles. The van der Waals surface area contributed by atoms with Crippen LogP contribution in [-0.4, -0.2) is 35.1 Å². The normalized spacial score (nSPS) is 11.4. The molecule has 1 aromatic rings. The standard InChI is InChI=1S/C13H13NO6/c1-9(15)7-12(16)20-8-11(14(18)19)13(17)10-5-3-2-4-6-10/h2-6,11H,7-8H2,1H3. The van der Waals surface area contributed by atoms with Crippen LogP contribution >= 0.6 is 0 Å². The minimum absolute atomic E-state index is 0.164. The SMILES string of the molecule is CC(=O)CC(=O)OCC(C(=O)c1ccccc1)[N+](=O)[O-]. The lowest BCUT2D eigenvalue weighted by Gasteiger charge is -2.09. The highest BCUT2D eigenvalue weighted by Crippen LogP contribution is 2.07. The van der Waals surface area contributed by atoms with Crippen molar-refractivity contribution in [3.05, 3.63) is 46.0 Å². The molecule has 0 radical (unpaired) electrons. The van der Waals surface area contributed by atoms with E-state index in [0.29, 0.717) is 0 Å². The molecule has 7 heteroatoms. The zero-order chi connectivity index (χ0) is 15.1. The first-order chi connectivity index (χ1) is 9.41. The van der Waals surface area contributed by atoms with E-state index in [1.165, 1.54) is 19.1 Å². The summed E-state index contributed by atoms with van der Waals surface area (Å²) >= 11 is 0. The molecular formula is C13H13NO6. The summed E-state index contributed by atoms with van der Waals surface area (Å²) in [6, 6.07) is 6.03. The first-order valence-corrected chi connectivity index (χ1v) is 5.79. The molecule has 1 unspecified atom stereocenters. The number of esters is 1. The van der Waals surface area contributed by atoms with Gasteiger partial charge in [-0.3, -0.25) is 24.5 Å². The Balaban J connectivity index is 2.71. The summed E-state index contributed by atoms with van der Waals surface area (Å²) in [7, 11) is 0. The van der Waals surface area contributed by atoms with Crippen LogP contribution in [0.15, 0.2) is 30.3 Å². The fraction of sp³-hybridized carbons (Fsp3) is 0.308. The Kier molecular flexibility index (Phi) is 5.52. The van der Waals surface area contributed by atoms with E-state index in [2.05, 4.69) is 4.74 Å². The molecule has 0 fully saturated rings. The monoisotopic (exact) mass is 279 g/mol. The topological polar surface area (TPSA) is 104 Å². The zero-order valence-corrected chi connectivity index (χ0v) is 10.8. The predicted molar refractivity (Wildman–Crippen MR) is 67.8 cm³/mol. The van der Waals surface area contributed by atoms with Gasteiger partial charge in [0.1, 0.15) is 12.2 Å². The van der Waals surface area contributed by atoms with E-state index in [1.54, 1.807) is 18.2 Å². The molecule has 0 spiro atoms. The van der Waals surface area contributed by atoms with Gasteiger partial charge in [0.25, 0.3) is 0 Å². The van der Waals surface area contributed by atoms with E-state index < -0.39 is 41.5 Å². The molecular weight excluding hydrogens is 266 g/mol. The molecule has 0 bridgehead atoms. The lowest BCUT2D eigenvalue weighted by atomic mass is 10.1. The minimum Gasteiger partial charge on any atom is -0.457 e. The molecule has 0 amide bonds. The molecule has 20 heavy (non-hydrogen) atoms. The number of hydrogen-bond acceptors (Lipinski definition) is 6. The Morgan fingerprint density at radius 1 is 1.25 bits per heavy atom. The van der Waals surface area contributed by atoms with E-state index in [4.69, 9.17) is 0 Å². The lowest BCUT2D eigenvalue weighted by Crippen LogP contribution is -2.35. The highest BCUT2D eigenvalue weighted by molar-refractivity contribution is 5.99. The van der Waals surface area contributed by atoms with Crippen molar-refractivity contribution in [2.45, 2.75) is 19.4 Å². The van der Waals surface area contributed by atoms with Crippen LogP contribution in [0.1, 0.15) is 23.7 Å². The Hall–Kier alpha value is -2.57. The largest absolute Gasteiger partial charge is 0.457 e. The third kappa shape index (κ3) is 4.60. The fourth-order valence-corrected chi connectivity index (χ4v) is 1.45. The smallest absolute Gasteiger partial charge is 0.313 e. The summed E-state index contributed by atoms with van der Waals surface area (Å²) in [6.45, 7) is 0.508. The maximum atomic E-state index is 11.9. The molecule has 0 heterocycles. The number of Topliss-reactive ketones (excluding diaryl/α,β-unsaturated/α-hetero) is 2. The van der Waals surface area contributed by atoms with E-state index in [-0.39, 0.29) is 5.56 Å². The van der Waals surface area contributed by atoms with Crippen LogP contribution in [0.25, 0.3) is 0 Å². The van der Waals surface area contributed by atoms with E-state index >= 15 is 0 Å². The number of carbonyl (C=O) groups is 3. The van der Waals surface area contributed by atoms with E-state index in [9.17, 15) is 24.5 Å². The van der Waals surface area contributed by atoms with Gasteiger partial charge >= 0.3 is 12.0 Å². The first-order valence-electron chi connectivity index (χ1n) is 5.79. The average molecular weight is 279 g/mol. The number of carbonyl (C=O) groups excluding carboxylic acids is 3. The van der Waals surface area contributed by atoms with Gasteiger partial charge in [-0.1, -0.05) is 30.3 Å². The third-order valence-corrected chi connectivity index (χ3v) is 2.41. The number of ether oxygens (including phenoxy) is 1. The quantitative estimate of drug-likeness (QED) is 0.243. The molecule has 1 aromatic carbocycles. The number of nitrogens with zero attached hydrogens (tertiary/aromatic N) is 1. The predicted octanol–water partition coefficient (Wildman–Crippen LogP) is 1.04. The first kappa shape index (κ1) is 15.5. The van der Waals surface area contributed by atoms with E-state index in [0.717, 1.165) is 0 Å². The van der Waals surface area contributed by atoms with Gasteiger partial charge < -0.3 is 4.74 Å². The fourth-order valence-electron chi connectivity index (χ4n) is 1.45. The molecule has 0 aliphatic heterocycles. The van der Waals surface area contributed by atoms with Gasteiger partial charge in [0.2, 0.25) is 5.78 Å². The van der Waals surface area contributed by atoms with Crippen molar-refractivity contribution in [1.82, 2.24) is 0 Å². The molecule has 106 valence electrons.